The van der Waals surface area contributed by atoms with Gasteiger partial charge in [0, 0.05) is 16.6 Å². The Kier molecular flexibility index (Phi) is 4.32. The van der Waals surface area contributed by atoms with Crippen LogP contribution in [0.2, 0.25) is 0 Å². The second kappa shape index (κ2) is 7.05. The van der Waals surface area contributed by atoms with Gasteiger partial charge in [-0.3, -0.25) is 10.00 Å². The van der Waals surface area contributed by atoms with Gasteiger partial charge in [-0.25, -0.2) is 4.99 Å². The van der Waals surface area contributed by atoms with Gasteiger partial charge in [0.05, 0.1) is 16.8 Å². The van der Waals surface area contributed by atoms with Crippen molar-refractivity contribution in [3.05, 3.63) is 83.9 Å². The number of nitrogens with one attached hydrogen (secondary N) is 2. The lowest BCUT2D eigenvalue weighted by atomic mass is 10.1. The Labute approximate surface area is 175 Å². The maximum Gasteiger partial charge on any atom is 0.416 e. The number of nitrogens with two attached hydrogens (primary N) is 1. The smallest absolute Gasteiger partial charge is 0.383 e. The van der Waals surface area contributed by atoms with Gasteiger partial charge >= 0.3 is 6.18 Å². The number of anilines is 3. The number of aromatic amines is 1. The highest BCUT2D eigenvalue weighted by Gasteiger charge is 2.33. The van der Waals surface area contributed by atoms with Crippen LogP contribution < -0.4 is 16.0 Å². The highest BCUT2D eigenvalue weighted by molar-refractivity contribution is 6.06. The lowest BCUT2D eigenvalue weighted by molar-refractivity contribution is -0.137. The first-order valence-electron chi connectivity index (χ1n) is 9.50. The average Bonchev–Trinajstić information content (AvgIpc) is 3.17. The monoisotopic (exact) mass is 422 g/mol. The second-order valence-corrected chi connectivity index (χ2v) is 7.09. The molecule has 31 heavy (non-hydrogen) atoms. The van der Waals surface area contributed by atoms with Gasteiger partial charge in [0.1, 0.15) is 5.84 Å². The van der Waals surface area contributed by atoms with Crippen molar-refractivity contribution in [2.45, 2.75) is 12.5 Å². The number of amidine groups is 1. The Morgan fingerprint density at radius 2 is 1.74 bits per heavy atom. The number of nitrogens with zero attached hydrogens (tertiary/aromatic N) is 3. The van der Waals surface area contributed by atoms with Gasteiger partial charge in [0.15, 0.2) is 5.82 Å². The third-order valence-electron chi connectivity index (χ3n) is 5.11. The van der Waals surface area contributed by atoms with E-state index < -0.39 is 18.0 Å². The molecule has 1 unspecified atom stereocenters. The summed E-state index contributed by atoms with van der Waals surface area (Å²) in [4.78, 5) is 6.35. The van der Waals surface area contributed by atoms with Gasteiger partial charge in [0.25, 0.3) is 0 Å². The Hall–Kier alpha value is -4.01. The first-order valence-corrected chi connectivity index (χ1v) is 9.50. The summed E-state index contributed by atoms with van der Waals surface area (Å²) < 4.78 is 39.5. The molecule has 1 aliphatic rings. The Morgan fingerprint density at radius 1 is 0.968 bits per heavy atom. The molecule has 6 nitrogen and oxygen atoms in total. The van der Waals surface area contributed by atoms with Crippen LogP contribution in [0.5, 0.6) is 0 Å². The van der Waals surface area contributed by atoms with Gasteiger partial charge in [-0.15, -0.1) is 0 Å². The van der Waals surface area contributed by atoms with Crippen LogP contribution in [0.25, 0.3) is 10.9 Å². The molecule has 1 aromatic heterocycles. The Morgan fingerprint density at radius 3 is 2.58 bits per heavy atom. The number of hydrogen-bond acceptors (Lipinski definition) is 5. The van der Waals surface area contributed by atoms with Crippen LogP contribution in [0.1, 0.15) is 11.1 Å². The van der Waals surface area contributed by atoms with Crippen molar-refractivity contribution in [3.63, 3.8) is 0 Å². The fourth-order valence-corrected chi connectivity index (χ4v) is 3.68. The van der Waals surface area contributed by atoms with E-state index in [0.717, 1.165) is 34.3 Å². The van der Waals surface area contributed by atoms with Crippen molar-refractivity contribution in [2.24, 2.45) is 10.7 Å². The molecular weight excluding hydrogens is 405 g/mol. The van der Waals surface area contributed by atoms with Crippen LogP contribution in [-0.2, 0) is 6.18 Å². The molecule has 156 valence electrons. The molecule has 1 atom stereocenters. The summed E-state index contributed by atoms with van der Waals surface area (Å²) in [5.41, 5.74) is 8.00. The number of hydrogen-bond donors (Lipinski definition) is 3. The molecule has 0 radical (unpaired) electrons. The van der Waals surface area contributed by atoms with Crippen molar-refractivity contribution in [3.8, 4) is 0 Å². The first-order chi connectivity index (χ1) is 14.9. The lowest BCUT2D eigenvalue weighted by Crippen LogP contribution is -2.42. The van der Waals surface area contributed by atoms with Crippen LogP contribution in [0, 0.1) is 0 Å². The maximum atomic E-state index is 13.2. The van der Waals surface area contributed by atoms with Crippen molar-refractivity contribution in [2.75, 3.05) is 10.2 Å². The van der Waals surface area contributed by atoms with Gasteiger partial charge in [-0.05, 0) is 42.5 Å². The zero-order chi connectivity index (χ0) is 21.6. The number of alkyl halides is 3. The maximum absolute atomic E-state index is 13.2. The number of benzene rings is 3. The highest BCUT2D eigenvalue weighted by atomic mass is 19.4. The van der Waals surface area contributed by atoms with E-state index in [1.807, 2.05) is 53.4 Å². The van der Waals surface area contributed by atoms with E-state index in [4.69, 9.17) is 5.73 Å². The minimum atomic E-state index is -4.45. The van der Waals surface area contributed by atoms with E-state index in [1.54, 1.807) is 6.07 Å². The molecule has 0 amide bonds. The van der Waals surface area contributed by atoms with Crippen molar-refractivity contribution >= 4 is 33.9 Å². The zero-order valence-corrected chi connectivity index (χ0v) is 16.1. The van der Waals surface area contributed by atoms with Gasteiger partial charge < -0.3 is 11.1 Å². The number of fused-ring (bicyclic) bond motifs is 2. The molecule has 9 heteroatoms. The lowest BCUT2D eigenvalue weighted by Gasteiger charge is -2.35. The predicted octanol–water partition coefficient (Wildman–Crippen LogP) is 4.83. The normalized spacial score (nSPS) is 16.2. The fraction of sp³-hybridized carbons (Fsp3) is 0.0909. The van der Waals surface area contributed by atoms with E-state index in [2.05, 4.69) is 20.5 Å². The molecule has 0 bridgehead atoms. The number of rotatable bonds is 3. The number of aromatic nitrogens is 2. The van der Waals surface area contributed by atoms with Gasteiger partial charge in [-0.2, -0.15) is 18.3 Å². The molecule has 1 aliphatic heterocycles. The zero-order valence-electron chi connectivity index (χ0n) is 16.1. The van der Waals surface area contributed by atoms with Gasteiger partial charge in [-0.1, -0.05) is 30.3 Å². The molecule has 4 N–H and O–H groups in total. The summed E-state index contributed by atoms with van der Waals surface area (Å²) in [5, 5.41) is 11.4. The number of halogens is 3. The molecule has 0 spiro atoms. The summed E-state index contributed by atoms with van der Waals surface area (Å²) in [6.07, 6.45) is -5.25. The minimum absolute atomic E-state index is 0.264. The van der Waals surface area contributed by atoms with Crippen LogP contribution in [0.4, 0.5) is 30.4 Å². The van der Waals surface area contributed by atoms with Crippen LogP contribution in [-0.4, -0.2) is 22.3 Å². The molecule has 0 fully saturated rings. The summed E-state index contributed by atoms with van der Waals surface area (Å²) in [6.45, 7) is 0. The summed E-state index contributed by atoms with van der Waals surface area (Å²) in [7, 11) is 0. The highest BCUT2D eigenvalue weighted by Crippen LogP contribution is 2.38. The average molecular weight is 422 g/mol. The van der Waals surface area contributed by atoms with Crippen LogP contribution in [0.15, 0.2) is 77.8 Å². The minimum Gasteiger partial charge on any atom is -0.383 e. The van der Waals surface area contributed by atoms with Gasteiger partial charge in [0.2, 0.25) is 6.29 Å². The SMILES string of the molecule is NC1=NC(Nc2cccc(C(F)(F)F)c2)N(c2n[nH]c3ccccc23)c2ccccc21. The predicted molar refractivity (Wildman–Crippen MR) is 114 cm³/mol. The number of aliphatic imine (C=N–C) groups is 1. The third-order valence-corrected chi connectivity index (χ3v) is 5.11. The van der Waals surface area contributed by atoms with Crippen LogP contribution in [0.3, 0.4) is 0 Å². The Bertz CT molecular complexity index is 1290. The Balaban J connectivity index is 1.63. The fourth-order valence-electron chi connectivity index (χ4n) is 3.68. The second-order valence-electron chi connectivity index (χ2n) is 7.09. The molecule has 3 aromatic carbocycles. The molecule has 0 aliphatic carbocycles. The van der Waals surface area contributed by atoms with Crippen molar-refractivity contribution in [1.29, 1.82) is 0 Å². The summed E-state index contributed by atoms with van der Waals surface area (Å²) in [5.74, 6) is 0.875. The van der Waals surface area contributed by atoms with E-state index >= 15 is 0 Å². The molecule has 0 saturated carbocycles. The topological polar surface area (TPSA) is 82.3 Å². The molecule has 5 rings (SSSR count). The molecule has 0 saturated heterocycles. The van der Waals surface area contributed by atoms with Crippen molar-refractivity contribution in [1.82, 2.24) is 10.2 Å². The summed E-state index contributed by atoms with van der Waals surface area (Å²) in [6, 6.07) is 20.0. The van der Waals surface area contributed by atoms with E-state index in [9.17, 15) is 13.2 Å². The number of H-pyrrole nitrogens is 1. The molecule has 2 heterocycles. The summed E-state index contributed by atoms with van der Waals surface area (Å²) >= 11 is 0. The standard InChI is InChI=1S/C22H17F3N6/c23-22(24,25)13-6-5-7-14(12-13)27-21-28-19(26)16-9-2-4-11-18(16)31(21)20-15-8-1-3-10-17(15)29-30-20/h1-12,21,27H,(H2,26,28)(H,29,30). The third kappa shape index (κ3) is 3.33. The van der Waals surface area contributed by atoms with Crippen LogP contribution >= 0.6 is 0 Å². The quantitative estimate of drug-likeness (QED) is 0.442. The van der Waals surface area contributed by atoms with Crippen molar-refractivity contribution < 1.29 is 13.2 Å². The first kappa shape index (κ1) is 19.0. The molecule has 4 aromatic rings. The van der Waals surface area contributed by atoms with E-state index in [-0.39, 0.29) is 11.5 Å². The largest absolute Gasteiger partial charge is 0.416 e. The van der Waals surface area contributed by atoms with E-state index in [1.165, 1.54) is 6.07 Å². The van der Waals surface area contributed by atoms with E-state index in [0.29, 0.717) is 5.82 Å². The number of para-hydroxylation sites is 2. The molecular formula is C22H17F3N6.